The van der Waals surface area contributed by atoms with Crippen LogP contribution in [-0.2, 0) is 11.3 Å². The fraction of sp³-hybridized carbons (Fsp3) is 0.107. The average molecular weight is 563 g/mol. The Morgan fingerprint density at radius 3 is 2.42 bits per heavy atom. The van der Waals surface area contributed by atoms with Crippen molar-refractivity contribution < 1.29 is 18.7 Å². The number of alkyl carbamates (subject to hydrolysis) is 1. The lowest BCUT2D eigenvalue weighted by molar-refractivity contribution is 0.112. The van der Waals surface area contributed by atoms with E-state index in [2.05, 4.69) is 50.5 Å². The van der Waals surface area contributed by atoms with Crippen molar-refractivity contribution >= 4 is 40.1 Å². The molecule has 0 radical (unpaired) electrons. The molecule has 1 amide bonds. The third-order valence-corrected chi connectivity index (χ3v) is 7.96. The van der Waals surface area contributed by atoms with E-state index in [-0.39, 0.29) is 24.0 Å². The van der Waals surface area contributed by atoms with Crippen LogP contribution in [0.3, 0.4) is 0 Å². The number of aldehydes is 1. The van der Waals surface area contributed by atoms with Gasteiger partial charge in [0, 0.05) is 34.3 Å². The smallest absolute Gasteiger partial charge is 0.407 e. The monoisotopic (exact) mass is 562 g/mol. The molecular weight excluding hydrogens is 543 g/mol. The molecular formula is C28H20BrFN2O3S. The van der Waals surface area contributed by atoms with Gasteiger partial charge < -0.3 is 10.1 Å². The molecule has 1 N–H and O–H groups in total. The summed E-state index contributed by atoms with van der Waals surface area (Å²) in [7, 11) is 0. The first-order chi connectivity index (χ1) is 17.6. The molecule has 0 spiro atoms. The van der Waals surface area contributed by atoms with E-state index in [1.54, 1.807) is 24.4 Å². The Morgan fingerprint density at radius 2 is 1.72 bits per heavy atom. The molecule has 180 valence electrons. The summed E-state index contributed by atoms with van der Waals surface area (Å²) in [5.41, 5.74) is 5.43. The van der Waals surface area contributed by atoms with Crippen LogP contribution < -0.4 is 5.32 Å². The van der Waals surface area contributed by atoms with Crippen molar-refractivity contribution in [3.63, 3.8) is 0 Å². The van der Waals surface area contributed by atoms with Crippen molar-refractivity contribution in [2.75, 3.05) is 6.61 Å². The van der Waals surface area contributed by atoms with Gasteiger partial charge in [-0.05, 0) is 46.5 Å². The van der Waals surface area contributed by atoms with Crippen LogP contribution in [0.1, 0.15) is 33.0 Å². The lowest BCUT2D eigenvalue weighted by atomic mass is 9.98. The maximum absolute atomic E-state index is 14.8. The summed E-state index contributed by atoms with van der Waals surface area (Å²) in [6.07, 6.45) is 1.62. The van der Waals surface area contributed by atoms with Gasteiger partial charge in [0.1, 0.15) is 17.5 Å². The highest BCUT2D eigenvalue weighted by Crippen LogP contribution is 2.44. The minimum absolute atomic E-state index is 0.0284. The number of halogens is 2. The predicted octanol–water partition coefficient (Wildman–Crippen LogP) is 6.99. The zero-order valence-electron chi connectivity index (χ0n) is 18.9. The highest BCUT2D eigenvalue weighted by atomic mass is 79.9. The van der Waals surface area contributed by atoms with Crippen LogP contribution in [0.2, 0.25) is 0 Å². The normalized spacial score (nSPS) is 12.1. The molecule has 4 aromatic rings. The molecule has 5 rings (SSSR count). The zero-order chi connectivity index (χ0) is 25.1. The third kappa shape index (κ3) is 4.79. The van der Waals surface area contributed by atoms with Crippen LogP contribution in [0.4, 0.5) is 9.18 Å². The summed E-state index contributed by atoms with van der Waals surface area (Å²) < 4.78 is 21.0. The van der Waals surface area contributed by atoms with E-state index in [1.165, 1.54) is 6.07 Å². The maximum Gasteiger partial charge on any atom is 0.407 e. The molecule has 8 heteroatoms. The Hall–Kier alpha value is -3.49. The van der Waals surface area contributed by atoms with Crippen molar-refractivity contribution in [1.29, 1.82) is 0 Å². The topological polar surface area (TPSA) is 68.3 Å². The van der Waals surface area contributed by atoms with Gasteiger partial charge in [-0.1, -0.05) is 76.2 Å². The van der Waals surface area contributed by atoms with Gasteiger partial charge in [0.25, 0.3) is 0 Å². The number of nitrogens with one attached hydrogen (secondary N) is 1. The Balaban J connectivity index is 1.29. The number of carbonyl (C=O) groups is 2. The Labute approximate surface area is 220 Å². The van der Waals surface area contributed by atoms with E-state index < -0.39 is 11.9 Å². The second-order valence-electron chi connectivity index (χ2n) is 8.13. The molecule has 0 aliphatic heterocycles. The predicted molar refractivity (Wildman–Crippen MR) is 140 cm³/mol. The van der Waals surface area contributed by atoms with Crippen molar-refractivity contribution in [2.24, 2.45) is 0 Å². The Bertz CT molecular complexity index is 1420. The van der Waals surface area contributed by atoms with Crippen LogP contribution in [0.5, 0.6) is 0 Å². The number of nitrogens with zero attached hydrogens (tertiary/aromatic N) is 1. The fourth-order valence-corrected chi connectivity index (χ4v) is 5.95. The van der Waals surface area contributed by atoms with Crippen LogP contribution in [0.15, 0.2) is 93.4 Å². The molecule has 3 aromatic carbocycles. The number of ether oxygens (including phenoxy) is 1. The summed E-state index contributed by atoms with van der Waals surface area (Å²) in [5, 5.41) is 3.11. The van der Waals surface area contributed by atoms with Crippen LogP contribution >= 0.6 is 27.7 Å². The summed E-state index contributed by atoms with van der Waals surface area (Å²) in [5.74, 6) is -0.531. The second kappa shape index (κ2) is 10.6. The molecule has 0 bridgehead atoms. The maximum atomic E-state index is 14.8. The SMILES string of the molecule is O=Cc1cccnc1Sc1c(F)ccc(Br)c1CNC(=O)OCC1c2ccccc2-c2ccccc21. The molecule has 0 unspecified atom stereocenters. The average Bonchev–Trinajstić information content (AvgIpc) is 3.23. The van der Waals surface area contributed by atoms with E-state index in [0.717, 1.165) is 34.0 Å². The van der Waals surface area contributed by atoms with Gasteiger partial charge in [0.15, 0.2) is 6.29 Å². The van der Waals surface area contributed by atoms with Gasteiger partial charge in [0.2, 0.25) is 0 Å². The molecule has 1 aliphatic rings. The number of amides is 1. The van der Waals surface area contributed by atoms with Crippen molar-refractivity contribution in [3.05, 3.63) is 112 Å². The quantitative estimate of drug-likeness (QED) is 0.246. The summed E-state index contributed by atoms with van der Waals surface area (Å²) in [6, 6.07) is 22.4. The van der Waals surface area contributed by atoms with Crippen LogP contribution in [0, 0.1) is 5.82 Å². The molecule has 0 atom stereocenters. The van der Waals surface area contributed by atoms with Gasteiger partial charge in [-0.3, -0.25) is 4.79 Å². The zero-order valence-corrected chi connectivity index (χ0v) is 21.3. The number of aromatic nitrogens is 1. The molecule has 1 heterocycles. The van der Waals surface area contributed by atoms with E-state index >= 15 is 0 Å². The van der Waals surface area contributed by atoms with E-state index in [4.69, 9.17) is 4.74 Å². The molecule has 5 nitrogen and oxygen atoms in total. The van der Waals surface area contributed by atoms with Gasteiger partial charge >= 0.3 is 6.09 Å². The number of rotatable bonds is 7. The van der Waals surface area contributed by atoms with Crippen LogP contribution in [0.25, 0.3) is 11.1 Å². The molecule has 1 aromatic heterocycles. The highest BCUT2D eigenvalue weighted by Gasteiger charge is 2.29. The van der Waals surface area contributed by atoms with Crippen molar-refractivity contribution in [2.45, 2.75) is 22.4 Å². The fourth-order valence-electron chi connectivity index (χ4n) is 4.34. The van der Waals surface area contributed by atoms with Crippen LogP contribution in [-0.4, -0.2) is 24.0 Å². The lowest BCUT2D eigenvalue weighted by Gasteiger charge is -2.16. The number of hydrogen-bond donors (Lipinski definition) is 1. The minimum atomic E-state index is -0.601. The van der Waals surface area contributed by atoms with E-state index in [9.17, 15) is 14.0 Å². The number of carbonyl (C=O) groups excluding carboxylic acids is 2. The first-order valence-electron chi connectivity index (χ1n) is 11.2. The van der Waals surface area contributed by atoms with Gasteiger partial charge in [-0.15, -0.1) is 0 Å². The molecule has 1 aliphatic carbocycles. The number of fused-ring (bicyclic) bond motifs is 3. The molecule has 0 saturated carbocycles. The lowest BCUT2D eigenvalue weighted by Crippen LogP contribution is -2.26. The van der Waals surface area contributed by atoms with Gasteiger partial charge in [-0.25, -0.2) is 14.2 Å². The van der Waals surface area contributed by atoms with E-state index in [1.807, 2.05) is 24.3 Å². The number of pyridine rings is 1. The minimum Gasteiger partial charge on any atom is -0.449 e. The first-order valence-corrected chi connectivity index (χ1v) is 12.8. The summed E-state index contributed by atoms with van der Waals surface area (Å²) in [6.45, 7) is 0.211. The van der Waals surface area contributed by atoms with Crippen molar-refractivity contribution in [3.8, 4) is 11.1 Å². The first kappa shape index (κ1) is 24.2. The largest absolute Gasteiger partial charge is 0.449 e. The molecule has 0 saturated heterocycles. The summed E-state index contributed by atoms with van der Waals surface area (Å²) in [4.78, 5) is 28.5. The van der Waals surface area contributed by atoms with Crippen molar-refractivity contribution in [1.82, 2.24) is 10.3 Å². The van der Waals surface area contributed by atoms with Gasteiger partial charge in [-0.2, -0.15) is 0 Å². The molecule has 36 heavy (non-hydrogen) atoms. The van der Waals surface area contributed by atoms with Gasteiger partial charge in [0.05, 0.1) is 4.90 Å². The third-order valence-electron chi connectivity index (χ3n) is 6.03. The Kier molecular flexibility index (Phi) is 7.16. The highest BCUT2D eigenvalue weighted by molar-refractivity contribution is 9.10. The second-order valence-corrected chi connectivity index (χ2v) is 9.99. The number of benzene rings is 3. The molecule has 0 fully saturated rings. The Morgan fingerprint density at radius 1 is 1.03 bits per heavy atom. The standard InChI is InChI=1S/C28H20BrFN2O3S/c29-24-11-12-25(30)26(36-27-17(15-33)6-5-13-31-27)22(24)14-32-28(34)35-16-23-20-9-3-1-7-18(20)19-8-2-4-10-21(19)23/h1-13,15,23H,14,16H2,(H,32,34). The van der Waals surface area contributed by atoms with E-state index in [0.29, 0.717) is 26.9 Å². The number of hydrogen-bond acceptors (Lipinski definition) is 5. The summed E-state index contributed by atoms with van der Waals surface area (Å²) >= 11 is 4.48.